The molecule has 0 radical (unpaired) electrons. The molecule has 0 aliphatic carbocycles. The molecule has 1 fully saturated rings. The molecule has 0 bridgehead atoms. The minimum absolute atomic E-state index is 0. The molecule has 3 nitrogen and oxygen atoms in total. The zero-order valence-electron chi connectivity index (χ0n) is 14.4. The summed E-state index contributed by atoms with van der Waals surface area (Å²) in [6.45, 7) is 4.31. The van der Waals surface area contributed by atoms with Gasteiger partial charge in [-0.25, -0.2) is 4.39 Å². The lowest BCUT2D eigenvalue weighted by Gasteiger charge is -2.32. The van der Waals surface area contributed by atoms with E-state index in [1.807, 2.05) is 24.3 Å². The molecule has 2 aromatic carbocycles. The quantitative estimate of drug-likeness (QED) is 0.827. The maximum absolute atomic E-state index is 13.7. The summed E-state index contributed by atoms with van der Waals surface area (Å²) in [4.78, 5) is 0. The molecule has 5 heteroatoms. The first-order valence-corrected chi connectivity index (χ1v) is 8.60. The zero-order valence-corrected chi connectivity index (χ0v) is 15.2. The smallest absolute Gasteiger partial charge is 0.151 e. The molecule has 0 saturated carbocycles. The molecule has 2 atom stereocenters. The van der Waals surface area contributed by atoms with E-state index < -0.39 is 0 Å². The van der Waals surface area contributed by atoms with Crippen LogP contribution in [0.3, 0.4) is 0 Å². The fraction of sp³-hybridized carbons (Fsp3) is 0.400. The van der Waals surface area contributed by atoms with Crippen molar-refractivity contribution in [3.8, 4) is 5.75 Å². The molecule has 0 spiro atoms. The van der Waals surface area contributed by atoms with E-state index >= 15 is 0 Å². The molecule has 2 aromatic rings. The Labute approximate surface area is 154 Å². The van der Waals surface area contributed by atoms with Crippen LogP contribution in [0.25, 0.3) is 0 Å². The van der Waals surface area contributed by atoms with Gasteiger partial charge in [-0.3, -0.25) is 0 Å². The van der Waals surface area contributed by atoms with Crippen molar-refractivity contribution in [2.45, 2.75) is 32.0 Å². The van der Waals surface area contributed by atoms with E-state index in [2.05, 4.69) is 18.3 Å². The Bertz CT molecular complexity index is 662. The summed E-state index contributed by atoms with van der Waals surface area (Å²) in [5, 5.41) is 3.33. The predicted molar refractivity (Wildman–Crippen MR) is 100 cm³/mol. The van der Waals surface area contributed by atoms with Crippen LogP contribution in [0.1, 0.15) is 30.6 Å². The van der Waals surface area contributed by atoms with Crippen molar-refractivity contribution in [1.82, 2.24) is 5.32 Å². The van der Waals surface area contributed by atoms with Crippen molar-refractivity contribution >= 4 is 12.4 Å². The highest BCUT2D eigenvalue weighted by molar-refractivity contribution is 5.85. The number of hydrogen-bond donors (Lipinski definition) is 1. The topological polar surface area (TPSA) is 30.5 Å². The Hall–Kier alpha value is -1.62. The molecule has 1 aliphatic heterocycles. The van der Waals surface area contributed by atoms with Crippen LogP contribution in [0.2, 0.25) is 0 Å². The molecule has 0 aromatic heterocycles. The zero-order chi connectivity index (χ0) is 16.8. The first kappa shape index (κ1) is 19.7. The van der Waals surface area contributed by atoms with Crippen LogP contribution in [0.15, 0.2) is 48.5 Å². The fourth-order valence-corrected chi connectivity index (χ4v) is 3.05. The maximum atomic E-state index is 13.7. The first-order chi connectivity index (χ1) is 11.8. The lowest BCUT2D eigenvalue weighted by molar-refractivity contribution is -0.0435. The van der Waals surface area contributed by atoms with Crippen molar-refractivity contribution in [2.24, 2.45) is 0 Å². The second-order valence-electron chi connectivity index (χ2n) is 6.06. The van der Waals surface area contributed by atoms with Crippen molar-refractivity contribution in [3.05, 3.63) is 65.5 Å². The highest BCUT2D eigenvalue weighted by Crippen LogP contribution is 2.30. The van der Waals surface area contributed by atoms with Gasteiger partial charge >= 0.3 is 0 Å². The molecule has 1 N–H and O–H groups in total. The summed E-state index contributed by atoms with van der Waals surface area (Å²) in [6.07, 6.45) is 1.52. The van der Waals surface area contributed by atoms with Gasteiger partial charge in [0.1, 0.15) is 17.7 Å². The van der Waals surface area contributed by atoms with Gasteiger partial charge in [0, 0.05) is 13.1 Å². The highest BCUT2D eigenvalue weighted by Gasteiger charge is 2.28. The van der Waals surface area contributed by atoms with Gasteiger partial charge in [0.2, 0.25) is 0 Å². The van der Waals surface area contributed by atoms with E-state index in [9.17, 15) is 4.39 Å². The Kier molecular flexibility index (Phi) is 7.69. The Balaban J connectivity index is 0.00000225. The normalized spacial score (nSPS) is 18.2. The molecule has 136 valence electrons. The van der Waals surface area contributed by atoms with Crippen molar-refractivity contribution in [1.29, 1.82) is 0 Å². The third-order valence-corrected chi connectivity index (χ3v) is 4.22. The number of para-hydroxylation sites is 1. The lowest BCUT2D eigenvalue weighted by atomic mass is 10.0. The highest BCUT2D eigenvalue weighted by atomic mass is 35.5. The van der Waals surface area contributed by atoms with E-state index in [-0.39, 0.29) is 30.4 Å². The summed E-state index contributed by atoms with van der Waals surface area (Å²) in [7, 11) is 0. The van der Waals surface area contributed by atoms with E-state index in [0.717, 1.165) is 30.7 Å². The van der Waals surface area contributed by atoms with Gasteiger partial charge in [0.25, 0.3) is 0 Å². The van der Waals surface area contributed by atoms with Crippen LogP contribution >= 0.6 is 12.4 Å². The molecule has 1 aliphatic rings. The van der Waals surface area contributed by atoms with Crippen LogP contribution in [0.4, 0.5) is 4.39 Å². The fourth-order valence-electron chi connectivity index (χ4n) is 3.05. The SMILES string of the molecule is CCCc1ccccc1O[C@@H](c1cccc(F)c1)[C@@H]1CNCCO1.Cl. The molecule has 1 heterocycles. The number of morpholine rings is 1. The number of rotatable bonds is 6. The number of aryl methyl sites for hydroxylation is 1. The average molecular weight is 366 g/mol. The van der Waals surface area contributed by atoms with Crippen LogP contribution in [0.5, 0.6) is 5.75 Å². The van der Waals surface area contributed by atoms with Crippen molar-refractivity contribution < 1.29 is 13.9 Å². The summed E-state index contributed by atoms with van der Waals surface area (Å²) in [6, 6.07) is 14.7. The van der Waals surface area contributed by atoms with E-state index in [1.54, 1.807) is 6.07 Å². The second-order valence-corrected chi connectivity index (χ2v) is 6.06. The molecule has 1 saturated heterocycles. The summed E-state index contributed by atoms with van der Waals surface area (Å²) in [5.74, 6) is 0.592. The largest absolute Gasteiger partial charge is 0.483 e. The van der Waals surface area contributed by atoms with Crippen LogP contribution < -0.4 is 10.1 Å². The van der Waals surface area contributed by atoms with E-state index in [1.165, 1.54) is 17.7 Å². The number of ether oxygens (including phenoxy) is 2. The molecule has 3 rings (SSSR count). The number of hydrogen-bond acceptors (Lipinski definition) is 3. The second kappa shape index (κ2) is 9.76. The number of halogens is 2. The monoisotopic (exact) mass is 365 g/mol. The van der Waals surface area contributed by atoms with Gasteiger partial charge < -0.3 is 14.8 Å². The van der Waals surface area contributed by atoms with E-state index in [4.69, 9.17) is 9.47 Å². The summed E-state index contributed by atoms with van der Waals surface area (Å²) >= 11 is 0. The maximum Gasteiger partial charge on any atom is 0.151 e. The van der Waals surface area contributed by atoms with Crippen LogP contribution in [0, 0.1) is 5.82 Å². The Morgan fingerprint density at radius 2 is 2.08 bits per heavy atom. The summed E-state index contributed by atoms with van der Waals surface area (Å²) in [5.41, 5.74) is 1.97. The number of nitrogens with one attached hydrogen (secondary N) is 1. The molecular formula is C20H25ClFNO2. The Morgan fingerprint density at radius 3 is 2.80 bits per heavy atom. The van der Waals surface area contributed by atoms with Gasteiger partial charge in [0.05, 0.1) is 6.61 Å². The van der Waals surface area contributed by atoms with Gasteiger partial charge in [0.15, 0.2) is 6.10 Å². The molecule has 0 unspecified atom stereocenters. The van der Waals surface area contributed by atoms with Gasteiger partial charge in [-0.2, -0.15) is 0 Å². The number of benzene rings is 2. The predicted octanol–water partition coefficient (Wildman–Crippen LogP) is 4.31. The first-order valence-electron chi connectivity index (χ1n) is 8.60. The van der Waals surface area contributed by atoms with Crippen LogP contribution in [-0.2, 0) is 11.2 Å². The third-order valence-electron chi connectivity index (χ3n) is 4.22. The molecular weight excluding hydrogens is 341 g/mol. The minimum atomic E-state index is -0.341. The summed E-state index contributed by atoms with van der Waals surface area (Å²) < 4.78 is 26.0. The molecule has 0 amide bonds. The third kappa shape index (κ3) is 5.18. The standard InChI is InChI=1S/C20H24FNO2.ClH/c1-2-6-15-7-3-4-10-18(15)24-20(19-14-22-11-12-23-19)16-8-5-9-17(21)13-16;/h3-5,7-10,13,19-20,22H,2,6,11-12,14H2,1H3;1H/t19-,20-;/m0./s1. The van der Waals surface area contributed by atoms with Gasteiger partial charge in [-0.15, -0.1) is 12.4 Å². The lowest BCUT2D eigenvalue weighted by Crippen LogP contribution is -2.43. The van der Waals surface area contributed by atoms with Gasteiger partial charge in [-0.05, 0) is 35.7 Å². The van der Waals surface area contributed by atoms with Crippen molar-refractivity contribution in [3.63, 3.8) is 0 Å². The van der Waals surface area contributed by atoms with Gasteiger partial charge in [-0.1, -0.05) is 43.7 Å². The Morgan fingerprint density at radius 1 is 1.24 bits per heavy atom. The average Bonchev–Trinajstić information content (AvgIpc) is 2.62. The minimum Gasteiger partial charge on any atom is -0.483 e. The van der Waals surface area contributed by atoms with Crippen molar-refractivity contribution in [2.75, 3.05) is 19.7 Å². The van der Waals surface area contributed by atoms with E-state index in [0.29, 0.717) is 13.2 Å². The molecule has 25 heavy (non-hydrogen) atoms. The van der Waals surface area contributed by atoms with Crippen LogP contribution in [-0.4, -0.2) is 25.8 Å².